The zero-order chi connectivity index (χ0) is 28.3. The van der Waals surface area contributed by atoms with Gasteiger partial charge >= 0.3 is 0 Å². The second kappa shape index (κ2) is 11.4. The molecule has 0 atom stereocenters. The SMILES string of the molecule is CN1CCN(c2ccc(N=Cc3c(O)[nH]c4cc(C(=O)c5cccc(NC(=O)c6nccs6)c5)ccc34)cc2)CC1. The molecule has 2 aromatic heterocycles. The summed E-state index contributed by atoms with van der Waals surface area (Å²) in [5, 5.41) is 16.2. The summed E-state index contributed by atoms with van der Waals surface area (Å²) >= 11 is 1.24. The van der Waals surface area contributed by atoms with Crippen molar-refractivity contribution in [1.82, 2.24) is 14.9 Å². The highest BCUT2D eigenvalue weighted by Gasteiger charge is 2.16. The molecule has 1 aliphatic rings. The van der Waals surface area contributed by atoms with Crippen molar-refractivity contribution >= 4 is 57.2 Å². The first-order valence-corrected chi connectivity index (χ1v) is 14.1. The molecule has 1 aliphatic heterocycles. The van der Waals surface area contributed by atoms with Crippen LogP contribution in [0.3, 0.4) is 0 Å². The van der Waals surface area contributed by atoms with Crippen molar-refractivity contribution in [3.63, 3.8) is 0 Å². The number of aromatic hydroxyl groups is 1. The lowest BCUT2D eigenvalue weighted by atomic mass is 10.0. The third-order valence-electron chi connectivity index (χ3n) is 7.15. The Morgan fingerprint density at radius 1 is 1.02 bits per heavy atom. The lowest BCUT2D eigenvalue weighted by Gasteiger charge is -2.34. The van der Waals surface area contributed by atoms with Crippen molar-refractivity contribution in [2.75, 3.05) is 43.4 Å². The molecule has 1 fully saturated rings. The number of hydrogen-bond acceptors (Lipinski definition) is 8. The van der Waals surface area contributed by atoms with Gasteiger partial charge in [-0.15, -0.1) is 11.3 Å². The number of aromatic nitrogens is 2. The van der Waals surface area contributed by atoms with Crippen molar-refractivity contribution < 1.29 is 14.7 Å². The first kappa shape index (κ1) is 26.4. The minimum atomic E-state index is -0.326. The summed E-state index contributed by atoms with van der Waals surface area (Å²) in [6, 6.07) is 20.1. The number of carbonyl (C=O) groups is 2. The number of nitrogens with zero attached hydrogens (tertiary/aromatic N) is 4. The molecular formula is C31H28N6O3S. The zero-order valence-electron chi connectivity index (χ0n) is 22.4. The maximum absolute atomic E-state index is 13.3. The van der Waals surface area contributed by atoms with Gasteiger partial charge in [0.25, 0.3) is 5.91 Å². The number of rotatable bonds is 7. The van der Waals surface area contributed by atoms with Gasteiger partial charge < -0.3 is 25.2 Å². The Labute approximate surface area is 240 Å². The summed E-state index contributed by atoms with van der Waals surface area (Å²) < 4.78 is 0. The van der Waals surface area contributed by atoms with E-state index < -0.39 is 0 Å². The third-order valence-corrected chi connectivity index (χ3v) is 7.92. The Kier molecular flexibility index (Phi) is 7.32. The minimum Gasteiger partial charge on any atom is -0.494 e. The van der Waals surface area contributed by atoms with Gasteiger partial charge in [-0.25, -0.2) is 4.98 Å². The van der Waals surface area contributed by atoms with E-state index in [9.17, 15) is 14.7 Å². The van der Waals surface area contributed by atoms with E-state index >= 15 is 0 Å². The van der Waals surface area contributed by atoms with Crippen molar-refractivity contribution in [2.24, 2.45) is 4.99 Å². The summed E-state index contributed by atoms with van der Waals surface area (Å²) in [6.45, 7) is 4.10. The number of piperazine rings is 1. The van der Waals surface area contributed by atoms with Gasteiger partial charge in [-0.1, -0.05) is 24.3 Å². The summed E-state index contributed by atoms with van der Waals surface area (Å²) in [5.74, 6) is -0.552. The number of nitrogens with one attached hydrogen (secondary N) is 2. The molecule has 9 nitrogen and oxygen atoms in total. The number of fused-ring (bicyclic) bond motifs is 1. The molecule has 5 aromatic rings. The van der Waals surface area contributed by atoms with Gasteiger partial charge in [0, 0.05) is 77.4 Å². The molecule has 6 rings (SSSR count). The van der Waals surface area contributed by atoms with E-state index in [1.807, 2.05) is 12.1 Å². The van der Waals surface area contributed by atoms with Crippen LogP contribution in [0, 0.1) is 0 Å². The summed E-state index contributed by atoms with van der Waals surface area (Å²) in [7, 11) is 2.14. The van der Waals surface area contributed by atoms with Gasteiger partial charge in [0.15, 0.2) is 16.7 Å². The summed E-state index contributed by atoms with van der Waals surface area (Å²) in [6.07, 6.45) is 3.20. The number of benzene rings is 3. The molecule has 3 heterocycles. The average Bonchev–Trinajstić information content (AvgIpc) is 3.64. The van der Waals surface area contributed by atoms with Crippen LogP contribution in [0.2, 0.25) is 0 Å². The Morgan fingerprint density at radius 3 is 2.56 bits per heavy atom. The maximum Gasteiger partial charge on any atom is 0.284 e. The molecule has 41 heavy (non-hydrogen) atoms. The van der Waals surface area contributed by atoms with Crippen molar-refractivity contribution in [3.05, 3.63) is 100 Å². The van der Waals surface area contributed by atoms with E-state index in [-0.39, 0.29) is 17.6 Å². The molecule has 206 valence electrons. The lowest BCUT2D eigenvalue weighted by molar-refractivity contribution is 0.102. The van der Waals surface area contributed by atoms with Crippen LogP contribution in [0.25, 0.3) is 10.9 Å². The van der Waals surface area contributed by atoms with Gasteiger partial charge in [0.2, 0.25) is 0 Å². The highest BCUT2D eigenvalue weighted by atomic mass is 32.1. The quantitative estimate of drug-likeness (QED) is 0.182. The number of thiazole rings is 1. The Bertz CT molecular complexity index is 1740. The fourth-order valence-corrected chi connectivity index (χ4v) is 5.39. The van der Waals surface area contributed by atoms with E-state index in [0.717, 1.165) is 37.3 Å². The standard InChI is InChI=1S/C31H28N6O3S/c1-36-12-14-37(15-13-36)24-8-6-22(7-9-24)33-19-26-25-10-5-21(18-27(25)35-29(26)39)28(38)20-3-2-4-23(17-20)34-30(40)31-32-11-16-41-31/h2-11,16-19,35,39H,12-15H2,1H3,(H,34,40). The molecule has 1 saturated heterocycles. The van der Waals surface area contributed by atoms with Crippen LogP contribution in [0.15, 0.2) is 83.3 Å². The van der Waals surface area contributed by atoms with Gasteiger partial charge in [-0.05, 0) is 49.5 Å². The average molecular weight is 565 g/mol. The molecule has 0 radical (unpaired) electrons. The van der Waals surface area contributed by atoms with Crippen LogP contribution in [0.1, 0.15) is 31.3 Å². The molecule has 0 spiro atoms. The highest BCUT2D eigenvalue weighted by molar-refractivity contribution is 7.11. The number of aromatic amines is 1. The number of likely N-dealkylation sites (N-methyl/N-ethyl adjacent to an activating group) is 1. The molecule has 10 heteroatoms. The zero-order valence-corrected chi connectivity index (χ0v) is 23.2. The predicted molar refractivity (Wildman–Crippen MR) is 163 cm³/mol. The second-order valence-electron chi connectivity index (χ2n) is 9.91. The molecular weight excluding hydrogens is 536 g/mol. The largest absolute Gasteiger partial charge is 0.494 e. The third kappa shape index (κ3) is 5.74. The maximum atomic E-state index is 13.3. The fraction of sp³-hybridized carbons (Fsp3) is 0.161. The van der Waals surface area contributed by atoms with E-state index in [4.69, 9.17) is 0 Å². The smallest absolute Gasteiger partial charge is 0.284 e. The van der Waals surface area contributed by atoms with Crippen molar-refractivity contribution in [1.29, 1.82) is 0 Å². The number of hydrogen-bond donors (Lipinski definition) is 3. The number of aliphatic imine (C=N–C) groups is 1. The molecule has 0 saturated carbocycles. The van der Waals surface area contributed by atoms with Crippen LogP contribution in [-0.4, -0.2) is 71.1 Å². The van der Waals surface area contributed by atoms with Crippen molar-refractivity contribution in [3.8, 4) is 5.88 Å². The van der Waals surface area contributed by atoms with E-state index in [1.165, 1.54) is 17.0 Å². The first-order chi connectivity index (χ1) is 19.9. The minimum absolute atomic E-state index is 0.0192. The number of carbonyl (C=O) groups excluding carboxylic acids is 2. The van der Waals surface area contributed by atoms with Crippen LogP contribution < -0.4 is 10.2 Å². The Morgan fingerprint density at radius 2 is 1.80 bits per heavy atom. The topological polar surface area (TPSA) is 114 Å². The first-order valence-electron chi connectivity index (χ1n) is 13.2. The van der Waals surface area contributed by atoms with E-state index in [1.54, 1.807) is 60.3 Å². The van der Waals surface area contributed by atoms with Crippen LogP contribution in [-0.2, 0) is 0 Å². The Balaban J connectivity index is 1.17. The molecule has 1 amide bonds. The lowest BCUT2D eigenvalue weighted by Crippen LogP contribution is -2.44. The Hall–Kier alpha value is -4.80. The monoisotopic (exact) mass is 564 g/mol. The molecule has 0 unspecified atom stereocenters. The van der Waals surface area contributed by atoms with Crippen LogP contribution in [0.4, 0.5) is 17.1 Å². The fourth-order valence-electron chi connectivity index (χ4n) is 4.86. The second-order valence-corrected chi connectivity index (χ2v) is 10.8. The normalized spacial score (nSPS) is 14.1. The number of H-pyrrole nitrogens is 1. The van der Waals surface area contributed by atoms with Gasteiger partial charge in [0.1, 0.15) is 0 Å². The van der Waals surface area contributed by atoms with E-state index in [2.05, 4.69) is 49.3 Å². The molecule has 0 aliphatic carbocycles. The molecule has 3 N–H and O–H groups in total. The van der Waals surface area contributed by atoms with Crippen LogP contribution in [0.5, 0.6) is 5.88 Å². The molecule has 0 bridgehead atoms. The number of anilines is 2. The van der Waals surface area contributed by atoms with Gasteiger partial charge in [0.05, 0.1) is 11.3 Å². The van der Waals surface area contributed by atoms with Gasteiger partial charge in [-0.2, -0.15) is 0 Å². The highest BCUT2D eigenvalue weighted by Crippen LogP contribution is 2.29. The number of amides is 1. The van der Waals surface area contributed by atoms with Gasteiger partial charge in [-0.3, -0.25) is 14.6 Å². The predicted octanol–water partition coefficient (Wildman–Crippen LogP) is 5.32. The summed E-state index contributed by atoms with van der Waals surface area (Å²) in [4.78, 5) is 41.9. The van der Waals surface area contributed by atoms with E-state index in [0.29, 0.717) is 32.9 Å². The number of ketones is 1. The van der Waals surface area contributed by atoms with Crippen LogP contribution >= 0.6 is 11.3 Å². The summed E-state index contributed by atoms with van der Waals surface area (Å²) in [5.41, 5.74) is 4.51. The molecule has 3 aromatic carbocycles. The van der Waals surface area contributed by atoms with Crippen molar-refractivity contribution in [2.45, 2.75) is 0 Å².